The number of carbonyl (C=O) groups excluding carboxylic acids is 1. The van der Waals surface area contributed by atoms with Gasteiger partial charge < -0.3 is 14.4 Å². The molecule has 0 aromatic heterocycles. The van der Waals surface area contributed by atoms with Crippen LogP contribution >= 0.6 is 15.9 Å². The molecular formula is C14H20BrNO3. The normalized spacial score (nSPS) is 10.6. The van der Waals surface area contributed by atoms with E-state index in [1.807, 2.05) is 13.8 Å². The molecule has 0 bridgehead atoms. The minimum atomic E-state index is -0.00426. The van der Waals surface area contributed by atoms with Crippen molar-refractivity contribution in [1.82, 2.24) is 4.90 Å². The molecule has 0 fully saturated rings. The van der Waals surface area contributed by atoms with Crippen molar-refractivity contribution >= 4 is 21.8 Å². The molecule has 0 radical (unpaired) electrons. The maximum Gasteiger partial charge on any atom is 0.254 e. The van der Waals surface area contributed by atoms with Gasteiger partial charge in [0.15, 0.2) is 0 Å². The van der Waals surface area contributed by atoms with Gasteiger partial charge in [0.1, 0.15) is 5.75 Å². The summed E-state index contributed by atoms with van der Waals surface area (Å²) in [7, 11) is 3.23. The zero-order valence-corrected chi connectivity index (χ0v) is 13.4. The van der Waals surface area contributed by atoms with E-state index < -0.39 is 0 Å². The highest BCUT2D eigenvalue weighted by molar-refractivity contribution is 9.10. The summed E-state index contributed by atoms with van der Waals surface area (Å²) < 4.78 is 11.0. The summed E-state index contributed by atoms with van der Waals surface area (Å²) in [6.45, 7) is 5.09. The summed E-state index contributed by atoms with van der Waals surface area (Å²) in [5, 5.41) is 0. The molecule has 0 heterocycles. The molecule has 0 aliphatic carbocycles. The molecule has 0 spiro atoms. The van der Waals surface area contributed by atoms with Crippen molar-refractivity contribution in [3.05, 3.63) is 28.2 Å². The largest absolute Gasteiger partial charge is 0.496 e. The van der Waals surface area contributed by atoms with Crippen molar-refractivity contribution in [3.63, 3.8) is 0 Å². The molecule has 1 rings (SSSR count). The summed E-state index contributed by atoms with van der Waals surface area (Å²) in [4.78, 5) is 14.2. The Morgan fingerprint density at radius 1 is 1.37 bits per heavy atom. The van der Waals surface area contributed by atoms with Crippen LogP contribution in [0.25, 0.3) is 0 Å². The second kappa shape index (κ2) is 7.50. The van der Waals surface area contributed by atoms with E-state index in [1.165, 1.54) is 0 Å². The lowest BCUT2D eigenvalue weighted by Gasteiger charge is -2.26. The minimum absolute atomic E-state index is 0.00426. The smallest absolute Gasteiger partial charge is 0.254 e. The Bertz CT molecular complexity index is 435. The number of hydrogen-bond acceptors (Lipinski definition) is 3. The maximum atomic E-state index is 12.5. The molecule has 0 aliphatic heterocycles. The third-order valence-corrected chi connectivity index (χ3v) is 3.44. The van der Waals surface area contributed by atoms with Crippen molar-refractivity contribution in [2.24, 2.45) is 0 Å². The zero-order chi connectivity index (χ0) is 14.4. The van der Waals surface area contributed by atoms with Gasteiger partial charge in [-0.05, 0) is 48.0 Å². The number of ether oxygens (including phenoxy) is 2. The third-order valence-electron chi connectivity index (χ3n) is 2.82. The second-order valence-electron chi connectivity index (χ2n) is 4.43. The number of benzene rings is 1. The number of hydrogen-bond donors (Lipinski definition) is 0. The fraction of sp³-hybridized carbons (Fsp3) is 0.500. The molecule has 5 heteroatoms. The van der Waals surface area contributed by atoms with E-state index in [0.717, 1.165) is 4.47 Å². The molecule has 0 N–H and O–H groups in total. The van der Waals surface area contributed by atoms with Gasteiger partial charge in [0, 0.05) is 25.3 Å². The molecule has 0 atom stereocenters. The topological polar surface area (TPSA) is 38.8 Å². The Balaban J connectivity index is 2.93. The van der Waals surface area contributed by atoms with Gasteiger partial charge in [-0.1, -0.05) is 0 Å². The van der Waals surface area contributed by atoms with E-state index in [4.69, 9.17) is 9.47 Å². The molecule has 0 aliphatic rings. The highest BCUT2D eigenvalue weighted by Crippen LogP contribution is 2.26. The third kappa shape index (κ3) is 4.21. The van der Waals surface area contributed by atoms with E-state index in [1.54, 1.807) is 37.3 Å². The molecule has 1 amide bonds. The van der Waals surface area contributed by atoms with Crippen LogP contribution in [0.3, 0.4) is 0 Å². The van der Waals surface area contributed by atoms with Crippen molar-refractivity contribution in [2.45, 2.75) is 19.9 Å². The maximum absolute atomic E-state index is 12.5. The van der Waals surface area contributed by atoms with Crippen LogP contribution in [0.5, 0.6) is 5.75 Å². The van der Waals surface area contributed by atoms with E-state index in [0.29, 0.717) is 24.5 Å². The van der Waals surface area contributed by atoms with Gasteiger partial charge in [-0.3, -0.25) is 4.79 Å². The van der Waals surface area contributed by atoms with Gasteiger partial charge >= 0.3 is 0 Å². The van der Waals surface area contributed by atoms with E-state index in [9.17, 15) is 4.79 Å². The van der Waals surface area contributed by atoms with Gasteiger partial charge in [0.2, 0.25) is 0 Å². The van der Waals surface area contributed by atoms with Crippen LogP contribution < -0.4 is 4.74 Å². The predicted molar refractivity (Wildman–Crippen MR) is 78.7 cm³/mol. The van der Waals surface area contributed by atoms with Crippen LogP contribution in [-0.4, -0.2) is 44.2 Å². The lowest BCUT2D eigenvalue weighted by Crippen LogP contribution is -2.39. The van der Waals surface area contributed by atoms with Crippen LogP contribution in [0.1, 0.15) is 24.2 Å². The first-order valence-corrected chi connectivity index (χ1v) is 6.94. The molecule has 1 aromatic rings. The Morgan fingerprint density at radius 3 is 2.53 bits per heavy atom. The van der Waals surface area contributed by atoms with Gasteiger partial charge in [-0.25, -0.2) is 0 Å². The summed E-state index contributed by atoms with van der Waals surface area (Å²) in [6.07, 6.45) is 0. The molecule has 0 saturated heterocycles. The Morgan fingerprint density at radius 2 is 2.05 bits per heavy atom. The number of halogens is 1. The number of amides is 1. The van der Waals surface area contributed by atoms with Gasteiger partial charge in [-0.15, -0.1) is 0 Å². The van der Waals surface area contributed by atoms with Crippen molar-refractivity contribution in [2.75, 3.05) is 27.4 Å². The van der Waals surface area contributed by atoms with E-state index in [-0.39, 0.29) is 11.9 Å². The number of rotatable bonds is 6. The van der Waals surface area contributed by atoms with Crippen LogP contribution in [0, 0.1) is 0 Å². The summed E-state index contributed by atoms with van der Waals surface area (Å²) in [5.41, 5.74) is 0.637. The summed E-state index contributed by atoms with van der Waals surface area (Å²) in [5.74, 6) is 0.708. The Labute approximate surface area is 122 Å². The summed E-state index contributed by atoms with van der Waals surface area (Å²) in [6, 6.07) is 5.47. The first-order valence-electron chi connectivity index (χ1n) is 6.14. The number of carbonyl (C=O) groups is 1. The average molecular weight is 330 g/mol. The van der Waals surface area contributed by atoms with Gasteiger partial charge in [0.25, 0.3) is 5.91 Å². The molecule has 106 valence electrons. The molecule has 0 unspecified atom stereocenters. The minimum Gasteiger partial charge on any atom is -0.496 e. The lowest BCUT2D eigenvalue weighted by atomic mass is 10.1. The first kappa shape index (κ1) is 16.0. The summed E-state index contributed by atoms with van der Waals surface area (Å²) >= 11 is 3.39. The zero-order valence-electron chi connectivity index (χ0n) is 11.8. The van der Waals surface area contributed by atoms with Crippen molar-refractivity contribution in [1.29, 1.82) is 0 Å². The average Bonchev–Trinajstić information content (AvgIpc) is 2.38. The molecule has 19 heavy (non-hydrogen) atoms. The fourth-order valence-electron chi connectivity index (χ4n) is 1.75. The lowest BCUT2D eigenvalue weighted by molar-refractivity contribution is 0.0635. The van der Waals surface area contributed by atoms with E-state index >= 15 is 0 Å². The van der Waals surface area contributed by atoms with E-state index in [2.05, 4.69) is 15.9 Å². The highest BCUT2D eigenvalue weighted by Gasteiger charge is 2.19. The molecule has 1 aromatic carbocycles. The van der Waals surface area contributed by atoms with Crippen molar-refractivity contribution < 1.29 is 14.3 Å². The van der Waals surface area contributed by atoms with Crippen molar-refractivity contribution in [3.8, 4) is 5.75 Å². The monoisotopic (exact) mass is 329 g/mol. The highest BCUT2D eigenvalue weighted by atomic mass is 79.9. The Kier molecular flexibility index (Phi) is 6.31. The fourth-order valence-corrected chi connectivity index (χ4v) is 2.29. The number of methoxy groups -OCH3 is 2. The molecule has 4 nitrogen and oxygen atoms in total. The van der Waals surface area contributed by atoms with Crippen LogP contribution in [-0.2, 0) is 4.74 Å². The number of nitrogens with zero attached hydrogens (tertiary/aromatic N) is 1. The first-order chi connectivity index (χ1) is 9.01. The van der Waals surface area contributed by atoms with Crippen LogP contribution in [0.2, 0.25) is 0 Å². The quantitative estimate of drug-likeness (QED) is 0.805. The SMILES string of the molecule is COCCN(C(=O)c1ccc(OC)c(Br)c1)C(C)C. The second-order valence-corrected chi connectivity index (χ2v) is 5.29. The van der Waals surface area contributed by atoms with Gasteiger partial charge in [0.05, 0.1) is 18.2 Å². The van der Waals surface area contributed by atoms with Crippen LogP contribution in [0.15, 0.2) is 22.7 Å². The predicted octanol–water partition coefficient (Wildman–Crippen LogP) is 2.95. The van der Waals surface area contributed by atoms with Crippen LogP contribution in [0.4, 0.5) is 0 Å². The molecule has 0 saturated carbocycles. The Hall–Kier alpha value is -1.07. The van der Waals surface area contributed by atoms with Gasteiger partial charge in [-0.2, -0.15) is 0 Å². The molecular weight excluding hydrogens is 310 g/mol. The standard InChI is InChI=1S/C14H20BrNO3/c1-10(2)16(7-8-18-3)14(17)11-5-6-13(19-4)12(15)9-11/h5-6,9-10H,7-8H2,1-4H3.